The molecule has 0 saturated carbocycles. The number of nitrogens with zero attached hydrogens (tertiary/aromatic N) is 2. The molecule has 2 aliphatic heterocycles. The molecular formula is C27H34N2O4. The fourth-order valence-corrected chi connectivity index (χ4v) is 5.15. The molecule has 2 aliphatic rings. The molecule has 2 amide bonds. The summed E-state index contributed by atoms with van der Waals surface area (Å²) in [7, 11) is 0. The van der Waals surface area contributed by atoms with Gasteiger partial charge >= 0.3 is 6.09 Å². The van der Waals surface area contributed by atoms with Gasteiger partial charge in [-0.25, -0.2) is 4.79 Å². The molecule has 0 spiro atoms. The van der Waals surface area contributed by atoms with E-state index in [4.69, 9.17) is 4.74 Å². The molecule has 2 heterocycles. The second kappa shape index (κ2) is 9.18. The minimum atomic E-state index is -1.34. The van der Waals surface area contributed by atoms with Crippen molar-refractivity contribution in [2.24, 2.45) is 0 Å². The average Bonchev–Trinajstić information content (AvgIpc) is 3.48. The second-order valence-corrected chi connectivity index (χ2v) is 10.0. The van der Waals surface area contributed by atoms with Crippen molar-refractivity contribution in [1.82, 2.24) is 9.80 Å². The molecule has 0 bridgehead atoms. The van der Waals surface area contributed by atoms with E-state index < -0.39 is 29.4 Å². The number of hydrogen-bond donors (Lipinski definition) is 1. The van der Waals surface area contributed by atoms with E-state index in [1.165, 1.54) is 0 Å². The first-order valence-electron chi connectivity index (χ1n) is 11.9. The van der Waals surface area contributed by atoms with Gasteiger partial charge in [-0.1, -0.05) is 60.7 Å². The van der Waals surface area contributed by atoms with Crippen LogP contribution >= 0.6 is 0 Å². The SMILES string of the molecule is CC(C)(C)OC(=O)N1CCC[C@H]1C(=O)N1CCC[C@H]1C(O)(c1ccccc1)c1ccccc1. The van der Waals surface area contributed by atoms with Gasteiger partial charge < -0.3 is 14.7 Å². The van der Waals surface area contributed by atoms with Crippen molar-refractivity contribution in [3.05, 3.63) is 71.8 Å². The smallest absolute Gasteiger partial charge is 0.410 e. The fourth-order valence-electron chi connectivity index (χ4n) is 5.15. The van der Waals surface area contributed by atoms with Crippen molar-refractivity contribution in [2.75, 3.05) is 13.1 Å². The topological polar surface area (TPSA) is 70.1 Å². The number of likely N-dealkylation sites (tertiary alicyclic amines) is 2. The molecule has 176 valence electrons. The van der Waals surface area contributed by atoms with Gasteiger partial charge in [0.05, 0.1) is 6.04 Å². The first-order chi connectivity index (χ1) is 15.7. The number of amides is 2. The van der Waals surface area contributed by atoms with Crippen molar-refractivity contribution < 1.29 is 19.4 Å². The van der Waals surface area contributed by atoms with E-state index in [9.17, 15) is 14.7 Å². The molecule has 2 aromatic carbocycles. The Morgan fingerprint density at radius 3 is 1.91 bits per heavy atom. The van der Waals surface area contributed by atoms with Crippen LogP contribution < -0.4 is 0 Å². The van der Waals surface area contributed by atoms with E-state index in [0.29, 0.717) is 25.9 Å². The summed E-state index contributed by atoms with van der Waals surface area (Å²) in [5, 5.41) is 12.2. The lowest BCUT2D eigenvalue weighted by molar-refractivity contribution is -0.141. The Bertz CT molecular complexity index is 931. The van der Waals surface area contributed by atoms with Gasteiger partial charge in [-0.05, 0) is 57.6 Å². The lowest BCUT2D eigenvalue weighted by Crippen LogP contribution is -2.55. The van der Waals surface area contributed by atoms with E-state index in [-0.39, 0.29) is 5.91 Å². The summed E-state index contributed by atoms with van der Waals surface area (Å²) in [6.45, 7) is 6.55. The van der Waals surface area contributed by atoms with Gasteiger partial charge in [-0.15, -0.1) is 0 Å². The first-order valence-corrected chi connectivity index (χ1v) is 11.9. The van der Waals surface area contributed by atoms with Crippen molar-refractivity contribution in [3.8, 4) is 0 Å². The molecule has 2 saturated heterocycles. The van der Waals surface area contributed by atoms with Crippen molar-refractivity contribution in [1.29, 1.82) is 0 Å². The second-order valence-electron chi connectivity index (χ2n) is 10.0. The van der Waals surface area contributed by atoms with Crippen LogP contribution in [0.3, 0.4) is 0 Å². The third kappa shape index (κ3) is 4.62. The summed E-state index contributed by atoms with van der Waals surface area (Å²) in [5.41, 5.74) is -0.443. The summed E-state index contributed by atoms with van der Waals surface area (Å²) in [5.74, 6) is -0.105. The maximum atomic E-state index is 13.8. The molecule has 1 N–H and O–H groups in total. The molecule has 6 nitrogen and oxygen atoms in total. The highest BCUT2D eigenvalue weighted by molar-refractivity contribution is 5.87. The van der Waals surface area contributed by atoms with Crippen LogP contribution in [0.4, 0.5) is 4.79 Å². The Kier molecular flexibility index (Phi) is 6.48. The van der Waals surface area contributed by atoms with E-state index in [0.717, 1.165) is 24.0 Å². The van der Waals surface area contributed by atoms with Crippen LogP contribution in [-0.2, 0) is 15.1 Å². The Morgan fingerprint density at radius 2 is 1.36 bits per heavy atom. The molecule has 0 aromatic heterocycles. The molecule has 33 heavy (non-hydrogen) atoms. The number of aliphatic hydroxyl groups is 1. The molecule has 2 aromatic rings. The standard InChI is InChI=1S/C27H34N2O4/c1-26(2,3)33-25(31)28-18-10-16-22(28)24(30)29-19-11-17-23(29)27(32,20-12-6-4-7-13-20)21-14-8-5-9-15-21/h4-9,12-15,22-23,32H,10-11,16-19H2,1-3H3/t22-,23-/m0/s1. The van der Waals surface area contributed by atoms with Gasteiger partial charge in [-0.3, -0.25) is 9.69 Å². The number of benzene rings is 2. The highest BCUT2D eigenvalue weighted by Crippen LogP contribution is 2.41. The zero-order valence-electron chi connectivity index (χ0n) is 19.7. The maximum absolute atomic E-state index is 13.8. The van der Waals surface area contributed by atoms with Crippen LogP contribution in [0.25, 0.3) is 0 Å². The van der Waals surface area contributed by atoms with E-state index in [2.05, 4.69) is 0 Å². The minimum Gasteiger partial charge on any atom is -0.444 e. The van der Waals surface area contributed by atoms with Crippen LogP contribution in [0, 0.1) is 0 Å². The number of hydrogen-bond acceptors (Lipinski definition) is 4. The van der Waals surface area contributed by atoms with Gasteiger partial charge in [0.25, 0.3) is 0 Å². The normalized spacial score (nSPS) is 21.3. The van der Waals surface area contributed by atoms with Crippen molar-refractivity contribution in [2.45, 2.75) is 69.7 Å². The van der Waals surface area contributed by atoms with Crippen LogP contribution in [0.1, 0.15) is 57.6 Å². The summed E-state index contributed by atoms with van der Waals surface area (Å²) < 4.78 is 5.56. The summed E-state index contributed by atoms with van der Waals surface area (Å²) in [4.78, 5) is 30.0. The van der Waals surface area contributed by atoms with Gasteiger partial charge in [0, 0.05) is 13.1 Å². The highest BCUT2D eigenvalue weighted by atomic mass is 16.6. The minimum absolute atomic E-state index is 0.105. The number of carbonyl (C=O) groups is 2. The monoisotopic (exact) mass is 450 g/mol. The van der Waals surface area contributed by atoms with Gasteiger partial charge in [0.2, 0.25) is 5.91 Å². The van der Waals surface area contributed by atoms with Crippen molar-refractivity contribution >= 4 is 12.0 Å². The molecule has 4 rings (SSSR count). The van der Waals surface area contributed by atoms with Crippen LogP contribution in [-0.4, -0.2) is 57.7 Å². The lowest BCUT2D eigenvalue weighted by atomic mass is 9.79. The zero-order chi connectivity index (χ0) is 23.6. The Morgan fingerprint density at radius 1 is 0.848 bits per heavy atom. The van der Waals surface area contributed by atoms with Crippen molar-refractivity contribution in [3.63, 3.8) is 0 Å². The van der Waals surface area contributed by atoms with E-state index >= 15 is 0 Å². The molecular weight excluding hydrogens is 416 g/mol. The quantitative estimate of drug-likeness (QED) is 0.754. The highest BCUT2D eigenvalue weighted by Gasteiger charge is 2.49. The molecule has 0 radical (unpaired) electrons. The van der Waals surface area contributed by atoms with Gasteiger partial charge in [0.1, 0.15) is 17.2 Å². The molecule has 0 aliphatic carbocycles. The zero-order valence-corrected chi connectivity index (χ0v) is 19.7. The fraction of sp³-hybridized carbons (Fsp3) is 0.481. The largest absolute Gasteiger partial charge is 0.444 e. The third-order valence-electron chi connectivity index (χ3n) is 6.61. The molecule has 6 heteroatoms. The summed E-state index contributed by atoms with van der Waals surface area (Å²) in [6, 6.07) is 18.1. The summed E-state index contributed by atoms with van der Waals surface area (Å²) in [6.07, 6.45) is 2.41. The Hall–Kier alpha value is -2.86. The number of ether oxygens (including phenoxy) is 1. The lowest BCUT2D eigenvalue weighted by Gasteiger charge is -2.41. The van der Waals surface area contributed by atoms with E-state index in [1.807, 2.05) is 81.4 Å². The van der Waals surface area contributed by atoms with Crippen LogP contribution in [0.15, 0.2) is 60.7 Å². The first kappa shape index (κ1) is 23.3. The predicted octanol–water partition coefficient (Wildman–Crippen LogP) is 4.31. The van der Waals surface area contributed by atoms with E-state index in [1.54, 1.807) is 9.80 Å². The Labute approximate surface area is 196 Å². The van der Waals surface area contributed by atoms with Gasteiger partial charge in [0.15, 0.2) is 0 Å². The number of rotatable bonds is 4. The number of carbonyl (C=O) groups excluding carboxylic acids is 2. The Balaban J connectivity index is 1.66. The molecule has 2 fully saturated rings. The maximum Gasteiger partial charge on any atom is 0.410 e. The third-order valence-corrected chi connectivity index (χ3v) is 6.61. The van der Waals surface area contributed by atoms with Gasteiger partial charge in [-0.2, -0.15) is 0 Å². The van der Waals surface area contributed by atoms with Crippen LogP contribution in [0.2, 0.25) is 0 Å². The average molecular weight is 451 g/mol. The molecule has 0 unspecified atom stereocenters. The predicted molar refractivity (Wildman–Crippen MR) is 127 cm³/mol. The summed E-state index contributed by atoms with van der Waals surface area (Å²) >= 11 is 0. The van der Waals surface area contributed by atoms with Crippen LogP contribution in [0.5, 0.6) is 0 Å². The molecule has 2 atom stereocenters.